The number of hydrogen-bond acceptors (Lipinski definition) is 11. The number of aromatic amines is 1. The van der Waals surface area contributed by atoms with Gasteiger partial charge in [0.25, 0.3) is 5.56 Å². The Bertz CT molecular complexity index is 1420. The van der Waals surface area contributed by atoms with Crippen LogP contribution in [-0.4, -0.2) is 59.7 Å². The van der Waals surface area contributed by atoms with Gasteiger partial charge in [-0.1, -0.05) is 42.5 Å². The van der Waals surface area contributed by atoms with Gasteiger partial charge in [-0.05, 0) is 5.56 Å². The van der Waals surface area contributed by atoms with Gasteiger partial charge in [-0.15, -0.1) is 0 Å². The van der Waals surface area contributed by atoms with E-state index in [4.69, 9.17) is 19.3 Å². The summed E-state index contributed by atoms with van der Waals surface area (Å²) in [6, 6.07) is 9.40. The maximum absolute atomic E-state index is 12.3. The molecule has 1 aromatic carbocycles. The molecule has 2 heterocycles. The molecule has 0 aliphatic carbocycles. The van der Waals surface area contributed by atoms with E-state index < -0.39 is 59.8 Å². The lowest BCUT2D eigenvalue weighted by Crippen LogP contribution is -2.34. The number of benzene rings is 1. The second-order valence-electron chi connectivity index (χ2n) is 7.97. The zero-order chi connectivity index (χ0) is 28.8. The first-order valence-electron chi connectivity index (χ1n) is 10.9. The Labute approximate surface area is 219 Å². The Morgan fingerprint density at radius 1 is 1.05 bits per heavy atom. The highest BCUT2D eigenvalue weighted by Crippen LogP contribution is 2.66. The average Bonchev–Trinajstić information content (AvgIpc) is 3.17. The van der Waals surface area contributed by atoms with Gasteiger partial charge in [0.2, 0.25) is 0 Å². The van der Waals surface area contributed by atoms with E-state index in [2.05, 4.69) is 18.1 Å². The van der Waals surface area contributed by atoms with Crippen LogP contribution >= 0.6 is 23.5 Å². The van der Waals surface area contributed by atoms with Crippen molar-refractivity contribution in [3.05, 3.63) is 74.6 Å². The molecule has 39 heavy (non-hydrogen) atoms. The van der Waals surface area contributed by atoms with Gasteiger partial charge in [0.05, 0.1) is 31.5 Å². The molecular weight excluding hydrogens is 589 g/mol. The fourth-order valence-corrected chi connectivity index (χ4v) is 6.37. The predicted molar refractivity (Wildman–Crippen MR) is 131 cm³/mol. The van der Waals surface area contributed by atoms with E-state index in [0.717, 1.165) is 10.1 Å². The smallest absolute Gasteiger partial charge is 0.390 e. The largest absolute Gasteiger partial charge is 0.490 e. The van der Waals surface area contributed by atoms with Crippen molar-refractivity contribution >= 4 is 29.5 Å². The summed E-state index contributed by atoms with van der Waals surface area (Å²) >= 11 is 0. The van der Waals surface area contributed by atoms with Crippen molar-refractivity contribution in [2.45, 2.75) is 31.5 Å². The third-order valence-electron chi connectivity index (χ3n) is 4.96. The number of aliphatic hydroxyl groups is 1. The number of nitrogens with zero attached hydrogens (tertiary/aromatic N) is 1. The number of hydrogen-bond donors (Lipinski definition) is 6. The Kier molecular flexibility index (Phi) is 10.5. The van der Waals surface area contributed by atoms with E-state index >= 15 is 0 Å². The highest BCUT2D eigenvalue weighted by molar-refractivity contribution is 7.66. The zero-order valence-corrected chi connectivity index (χ0v) is 22.5. The van der Waals surface area contributed by atoms with Crippen LogP contribution in [0, 0.1) is 0 Å². The first-order valence-corrected chi connectivity index (χ1v) is 15.4. The van der Waals surface area contributed by atoms with Gasteiger partial charge in [0.15, 0.2) is 0 Å². The lowest BCUT2D eigenvalue weighted by Gasteiger charge is -2.19. The molecule has 1 aliphatic heterocycles. The normalized spacial score (nSPS) is 23.1. The Hall–Kier alpha value is -2.07. The molecule has 0 spiro atoms. The van der Waals surface area contributed by atoms with Gasteiger partial charge in [0, 0.05) is 12.6 Å². The van der Waals surface area contributed by atoms with E-state index in [-0.39, 0.29) is 25.2 Å². The number of phosphoric ester groups is 1. The van der Waals surface area contributed by atoms with Crippen molar-refractivity contribution in [2.24, 2.45) is 0 Å². The minimum absolute atomic E-state index is 0.0671. The molecule has 0 bridgehead atoms. The maximum Gasteiger partial charge on any atom is 0.490 e. The van der Waals surface area contributed by atoms with Crippen LogP contribution in [-0.2, 0) is 42.9 Å². The fourth-order valence-electron chi connectivity index (χ4n) is 3.34. The number of nitrogens with one attached hydrogen (secondary N) is 1. The van der Waals surface area contributed by atoms with Crippen LogP contribution in [0.4, 0.5) is 0 Å². The molecule has 1 saturated heterocycles. The third-order valence-corrected chi connectivity index (χ3v) is 8.76. The van der Waals surface area contributed by atoms with Crippen LogP contribution in [0.25, 0.3) is 6.08 Å². The number of H-pyrrole nitrogens is 1. The molecule has 5 atom stereocenters. The van der Waals surface area contributed by atoms with Crippen LogP contribution < -0.4 is 11.2 Å². The second-order valence-corrected chi connectivity index (χ2v) is 12.4. The molecule has 20 heteroatoms. The van der Waals surface area contributed by atoms with Crippen molar-refractivity contribution in [2.75, 3.05) is 13.2 Å². The average molecular weight is 614 g/mol. The van der Waals surface area contributed by atoms with Gasteiger partial charge in [-0.3, -0.25) is 18.9 Å². The molecule has 1 aliphatic rings. The van der Waals surface area contributed by atoms with Gasteiger partial charge in [-0.2, -0.15) is 8.62 Å². The van der Waals surface area contributed by atoms with Gasteiger partial charge in [0.1, 0.15) is 12.3 Å². The first-order chi connectivity index (χ1) is 18.1. The molecule has 3 rings (SSSR count). The highest BCUT2D eigenvalue weighted by atomic mass is 31.3. The molecule has 6 N–H and O–H groups in total. The molecule has 3 unspecified atom stereocenters. The lowest BCUT2D eigenvalue weighted by atomic mass is 10.2. The summed E-state index contributed by atoms with van der Waals surface area (Å²) in [7, 11) is -16.7. The van der Waals surface area contributed by atoms with Crippen LogP contribution in [0.15, 0.2) is 52.2 Å². The first kappa shape index (κ1) is 31.5. The summed E-state index contributed by atoms with van der Waals surface area (Å²) in [5.74, 6) is 0. The van der Waals surface area contributed by atoms with Crippen LogP contribution in [0.5, 0.6) is 0 Å². The van der Waals surface area contributed by atoms with Crippen LogP contribution in [0.2, 0.25) is 0 Å². The summed E-state index contributed by atoms with van der Waals surface area (Å²) in [6.45, 7) is -0.919. The SMILES string of the molecule is O=c1[nH]c(=O)n([C@H]2CC(O)[C@@H](COP(=O)(O)OP(=O)(O)OP(=O)(O)O)O2)cc1COC/C=C/c1ccccc1. The molecule has 17 nitrogen and oxygen atoms in total. The quantitative estimate of drug-likeness (QED) is 0.134. The zero-order valence-electron chi connectivity index (χ0n) is 19.8. The number of aromatic nitrogens is 2. The molecule has 1 aromatic heterocycles. The third kappa shape index (κ3) is 10.1. The number of aliphatic hydroxyl groups excluding tert-OH is 1. The van der Waals surface area contributed by atoms with Gasteiger partial charge >= 0.3 is 29.2 Å². The summed E-state index contributed by atoms with van der Waals surface area (Å²) in [5, 5.41) is 10.2. The predicted octanol–water partition coefficient (Wildman–Crippen LogP) is 0.758. The van der Waals surface area contributed by atoms with Gasteiger partial charge < -0.3 is 34.2 Å². The van der Waals surface area contributed by atoms with Crippen LogP contribution in [0.3, 0.4) is 0 Å². The molecule has 0 radical (unpaired) electrons. The Morgan fingerprint density at radius 2 is 1.74 bits per heavy atom. The summed E-state index contributed by atoms with van der Waals surface area (Å²) in [5.41, 5.74) is -0.561. The minimum Gasteiger partial charge on any atom is -0.390 e. The number of ether oxygens (including phenoxy) is 2. The van der Waals surface area contributed by atoms with Crippen molar-refractivity contribution in [1.82, 2.24) is 9.55 Å². The number of rotatable bonds is 13. The van der Waals surface area contributed by atoms with E-state index in [1.807, 2.05) is 36.4 Å². The molecule has 0 amide bonds. The molecule has 0 saturated carbocycles. The fraction of sp³-hybridized carbons (Fsp3) is 0.368. The highest BCUT2D eigenvalue weighted by Gasteiger charge is 2.43. The molecular formula is C19H25N2O15P3. The Morgan fingerprint density at radius 3 is 2.41 bits per heavy atom. The lowest BCUT2D eigenvalue weighted by molar-refractivity contribution is -0.0451. The molecule has 1 fully saturated rings. The number of phosphoric acid groups is 3. The van der Waals surface area contributed by atoms with Crippen molar-refractivity contribution in [3.8, 4) is 0 Å². The maximum atomic E-state index is 12.3. The van der Waals surface area contributed by atoms with Crippen LogP contribution in [0.1, 0.15) is 23.8 Å². The van der Waals surface area contributed by atoms with Crippen molar-refractivity contribution < 1.29 is 61.0 Å². The summed E-state index contributed by atoms with van der Waals surface area (Å²) in [4.78, 5) is 62.5. The van der Waals surface area contributed by atoms with Crippen molar-refractivity contribution in [3.63, 3.8) is 0 Å². The van der Waals surface area contributed by atoms with Gasteiger partial charge in [-0.25, -0.2) is 18.5 Å². The summed E-state index contributed by atoms with van der Waals surface area (Å²) < 4.78 is 57.6. The monoisotopic (exact) mass is 614 g/mol. The molecule has 216 valence electrons. The van der Waals surface area contributed by atoms with E-state index in [1.165, 1.54) is 6.20 Å². The molecule has 2 aromatic rings. The van der Waals surface area contributed by atoms with Crippen molar-refractivity contribution in [1.29, 1.82) is 0 Å². The van der Waals surface area contributed by atoms with E-state index in [9.17, 15) is 38.2 Å². The van der Waals surface area contributed by atoms with E-state index in [0.29, 0.717) is 0 Å². The standard InChI is InChI=1S/C19H25N2O15P3/c22-15-9-17(34-16(15)12-33-38(28,29)36-39(30,31)35-37(25,26)27)21-10-14(18(23)20-19(21)24)11-32-8-4-7-13-5-2-1-3-6-13/h1-7,10,15-17,22H,8-9,11-12H2,(H,28,29)(H,30,31)(H,20,23,24)(H2,25,26,27)/b7-4+/t15?,16-,17-/m1/s1. The van der Waals surface area contributed by atoms with E-state index in [1.54, 1.807) is 6.08 Å². The Balaban J connectivity index is 1.59. The minimum atomic E-state index is -5.72. The summed E-state index contributed by atoms with van der Waals surface area (Å²) in [6.07, 6.45) is 0.612. The second kappa shape index (κ2) is 13.1. The topological polar surface area (TPSA) is 253 Å².